The minimum absolute atomic E-state index is 0.224. The Bertz CT molecular complexity index is 874. The molecule has 1 aliphatic rings. The molecule has 0 bridgehead atoms. The predicted molar refractivity (Wildman–Crippen MR) is 95.1 cm³/mol. The van der Waals surface area contributed by atoms with Crippen molar-refractivity contribution in [2.75, 3.05) is 6.61 Å². The summed E-state index contributed by atoms with van der Waals surface area (Å²) in [5.74, 6) is -1.40. The summed E-state index contributed by atoms with van der Waals surface area (Å²) in [7, 11) is 0. The number of rotatable bonds is 6. The van der Waals surface area contributed by atoms with Crippen LogP contribution in [0.1, 0.15) is 20.7 Å². The van der Waals surface area contributed by atoms with E-state index in [4.69, 9.17) is 19.7 Å². The van der Waals surface area contributed by atoms with Crippen LogP contribution in [0, 0.1) is 0 Å². The van der Waals surface area contributed by atoms with Crippen molar-refractivity contribution in [3.63, 3.8) is 0 Å². The number of alkyl halides is 1. The zero-order valence-corrected chi connectivity index (χ0v) is 14.6. The van der Waals surface area contributed by atoms with E-state index in [0.29, 0.717) is 5.56 Å². The fourth-order valence-corrected chi connectivity index (χ4v) is 2.70. The van der Waals surface area contributed by atoms with E-state index >= 15 is 0 Å². The zero-order chi connectivity index (χ0) is 19.9. The van der Waals surface area contributed by atoms with E-state index in [1.54, 1.807) is 48.5 Å². The van der Waals surface area contributed by atoms with Crippen molar-refractivity contribution in [2.24, 2.45) is 5.11 Å². The highest BCUT2D eigenvalue weighted by Gasteiger charge is 2.48. The van der Waals surface area contributed by atoms with Gasteiger partial charge in [0.15, 0.2) is 18.5 Å². The molecule has 4 atom stereocenters. The van der Waals surface area contributed by atoms with E-state index in [-0.39, 0.29) is 12.2 Å². The standard InChI is InChI=1S/C19H16FN3O5/c20-15-16(28-19(25)13-9-5-2-6-10-13)14(27-17(15)22-23-21)11-26-18(24)12-7-3-1-4-8-12/h1-10,14-17H,11H2/t14-,15+,16-,17-/m1/s1. The maximum atomic E-state index is 14.6. The molecule has 0 saturated carbocycles. The molecule has 28 heavy (non-hydrogen) atoms. The Labute approximate surface area is 159 Å². The van der Waals surface area contributed by atoms with E-state index in [1.807, 2.05) is 0 Å². The molecule has 1 aliphatic heterocycles. The highest BCUT2D eigenvalue weighted by atomic mass is 19.1. The summed E-state index contributed by atoms with van der Waals surface area (Å²) in [4.78, 5) is 26.9. The van der Waals surface area contributed by atoms with Gasteiger partial charge in [-0.2, -0.15) is 0 Å². The number of carbonyl (C=O) groups is 2. The van der Waals surface area contributed by atoms with Crippen LogP contribution in [-0.4, -0.2) is 43.2 Å². The summed E-state index contributed by atoms with van der Waals surface area (Å²) in [5.41, 5.74) is 9.09. The summed E-state index contributed by atoms with van der Waals surface area (Å²) in [6.45, 7) is -0.377. The molecule has 3 rings (SSSR count). The smallest absolute Gasteiger partial charge is 0.338 e. The van der Waals surface area contributed by atoms with Gasteiger partial charge in [-0.3, -0.25) is 0 Å². The van der Waals surface area contributed by atoms with Gasteiger partial charge in [0.05, 0.1) is 11.1 Å². The Morgan fingerprint density at radius 1 is 1.04 bits per heavy atom. The molecule has 1 heterocycles. The number of nitrogens with zero attached hydrogens (tertiary/aromatic N) is 3. The van der Waals surface area contributed by atoms with Crippen molar-refractivity contribution in [3.8, 4) is 0 Å². The first-order valence-corrected chi connectivity index (χ1v) is 8.42. The van der Waals surface area contributed by atoms with Crippen LogP contribution in [0.5, 0.6) is 0 Å². The number of ether oxygens (including phenoxy) is 3. The fraction of sp³-hybridized carbons (Fsp3) is 0.263. The summed E-state index contributed by atoms with van der Waals surface area (Å²) in [6.07, 6.45) is -5.90. The molecule has 2 aromatic rings. The van der Waals surface area contributed by atoms with Gasteiger partial charge in [0.25, 0.3) is 0 Å². The lowest BCUT2D eigenvalue weighted by Gasteiger charge is -2.20. The van der Waals surface area contributed by atoms with Crippen LogP contribution in [0.15, 0.2) is 65.8 Å². The minimum atomic E-state index is -1.90. The highest BCUT2D eigenvalue weighted by molar-refractivity contribution is 5.90. The van der Waals surface area contributed by atoms with Crippen molar-refractivity contribution in [1.29, 1.82) is 0 Å². The third-order valence-electron chi connectivity index (χ3n) is 4.07. The third kappa shape index (κ3) is 4.46. The third-order valence-corrected chi connectivity index (χ3v) is 4.07. The summed E-state index contributed by atoms with van der Waals surface area (Å²) >= 11 is 0. The molecule has 2 aromatic carbocycles. The van der Waals surface area contributed by atoms with Crippen molar-refractivity contribution >= 4 is 11.9 Å². The summed E-state index contributed by atoms with van der Waals surface area (Å²) in [5, 5.41) is 3.22. The quantitative estimate of drug-likeness (QED) is 0.327. The van der Waals surface area contributed by atoms with Gasteiger partial charge < -0.3 is 14.2 Å². The van der Waals surface area contributed by atoms with Crippen molar-refractivity contribution in [3.05, 3.63) is 82.2 Å². The summed E-state index contributed by atoms with van der Waals surface area (Å²) < 4.78 is 30.3. The Balaban J connectivity index is 1.70. The van der Waals surface area contributed by atoms with Gasteiger partial charge in [-0.15, -0.1) is 0 Å². The number of benzene rings is 2. The lowest BCUT2D eigenvalue weighted by atomic mass is 10.1. The zero-order valence-electron chi connectivity index (χ0n) is 14.6. The SMILES string of the molecule is [N-]=[N+]=N[C@@H]1O[C@H](COC(=O)c2ccccc2)[C@@H](OC(=O)c2ccccc2)[C@@H]1F. The molecule has 0 radical (unpaired) electrons. The minimum Gasteiger partial charge on any atom is -0.459 e. The number of carbonyl (C=O) groups excluding carboxylic acids is 2. The van der Waals surface area contributed by atoms with Gasteiger partial charge in [0.2, 0.25) is 0 Å². The van der Waals surface area contributed by atoms with Crippen LogP contribution in [-0.2, 0) is 14.2 Å². The molecule has 0 N–H and O–H groups in total. The second kappa shape index (κ2) is 8.98. The maximum absolute atomic E-state index is 14.6. The fourth-order valence-electron chi connectivity index (χ4n) is 2.70. The summed E-state index contributed by atoms with van der Waals surface area (Å²) in [6, 6.07) is 16.2. The molecule has 0 aromatic heterocycles. The molecular weight excluding hydrogens is 369 g/mol. The van der Waals surface area contributed by atoms with Gasteiger partial charge in [-0.05, 0) is 29.8 Å². The van der Waals surface area contributed by atoms with Gasteiger partial charge >= 0.3 is 11.9 Å². The van der Waals surface area contributed by atoms with Crippen LogP contribution >= 0.6 is 0 Å². The number of hydrogen-bond acceptors (Lipinski definition) is 6. The van der Waals surface area contributed by atoms with E-state index in [2.05, 4.69) is 10.0 Å². The van der Waals surface area contributed by atoms with E-state index in [9.17, 15) is 14.0 Å². The van der Waals surface area contributed by atoms with E-state index < -0.39 is 36.5 Å². The van der Waals surface area contributed by atoms with Crippen molar-refractivity contribution < 1.29 is 28.2 Å². The second-order valence-corrected chi connectivity index (χ2v) is 5.91. The largest absolute Gasteiger partial charge is 0.459 e. The van der Waals surface area contributed by atoms with Crippen molar-refractivity contribution in [1.82, 2.24) is 0 Å². The molecule has 0 aliphatic carbocycles. The molecular formula is C19H16FN3O5. The van der Waals surface area contributed by atoms with Crippen LogP contribution in [0.2, 0.25) is 0 Å². The van der Waals surface area contributed by atoms with Crippen molar-refractivity contribution in [2.45, 2.75) is 24.6 Å². The van der Waals surface area contributed by atoms with E-state index in [0.717, 1.165) is 0 Å². The monoisotopic (exact) mass is 385 g/mol. The van der Waals surface area contributed by atoms with Gasteiger partial charge in [-0.1, -0.05) is 41.5 Å². The van der Waals surface area contributed by atoms with Gasteiger partial charge in [0.1, 0.15) is 12.7 Å². The molecule has 1 fully saturated rings. The molecule has 0 spiro atoms. The number of halogens is 1. The predicted octanol–water partition coefficient (Wildman–Crippen LogP) is 3.44. The van der Waals surface area contributed by atoms with Crippen LogP contribution in [0.4, 0.5) is 4.39 Å². The van der Waals surface area contributed by atoms with E-state index in [1.165, 1.54) is 12.1 Å². The Kier molecular flexibility index (Phi) is 6.21. The molecule has 1 saturated heterocycles. The first-order chi connectivity index (χ1) is 13.6. The average Bonchev–Trinajstić information content (AvgIpc) is 3.02. The number of esters is 2. The molecule has 8 nitrogen and oxygen atoms in total. The molecule has 0 amide bonds. The lowest BCUT2D eigenvalue weighted by Crippen LogP contribution is -2.37. The molecule has 9 heteroatoms. The normalized spacial score (nSPS) is 23.5. The van der Waals surface area contributed by atoms with Crippen LogP contribution in [0.3, 0.4) is 0 Å². The van der Waals surface area contributed by atoms with Crippen LogP contribution in [0.25, 0.3) is 10.4 Å². The first-order valence-electron chi connectivity index (χ1n) is 8.42. The number of azide groups is 1. The first kappa shape index (κ1) is 19.3. The van der Waals surface area contributed by atoms with Crippen LogP contribution < -0.4 is 0 Å². The Morgan fingerprint density at radius 3 is 2.18 bits per heavy atom. The maximum Gasteiger partial charge on any atom is 0.338 e. The lowest BCUT2D eigenvalue weighted by molar-refractivity contribution is -0.0416. The Morgan fingerprint density at radius 2 is 1.61 bits per heavy atom. The highest BCUT2D eigenvalue weighted by Crippen LogP contribution is 2.29. The van der Waals surface area contributed by atoms with Gasteiger partial charge in [0, 0.05) is 4.91 Å². The topological polar surface area (TPSA) is 111 Å². The average molecular weight is 385 g/mol. The second-order valence-electron chi connectivity index (χ2n) is 5.91. The molecule has 0 unspecified atom stereocenters. The van der Waals surface area contributed by atoms with Gasteiger partial charge in [-0.25, -0.2) is 14.0 Å². The Hall–Kier alpha value is -3.42. The molecule has 144 valence electrons. The number of hydrogen-bond donors (Lipinski definition) is 0.